The summed E-state index contributed by atoms with van der Waals surface area (Å²) in [5, 5.41) is 0.711. The van der Waals surface area contributed by atoms with Crippen LogP contribution in [-0.4, -0.2) is 25.8 Å². The Hall–Kier alpha value is -0.930. The summed E-state index contributed by atoms with van der Waals surface area (Å²) in [5.41, 5.74) is 7.70. The minimum atomic E-state index is 0.239. The summed E-state index contributed by atoms with van der Waals surface area (Å²) < 4.78 is 5.56. The van der Waals surface area contributed by atoms with Crippen molar-refractivity contribution >= 4 is 23.0 Å². The highest BCUT2D eigenvalue weighted by atomic mass is 35.5. The smallest absolute Gasteiger partial charge is 0.0750 e. The molecule has 1 aromatic carbocycles. The van der Waals surface area contributed by atoms with Crippen LogP contribution in [0.3, 0.4) is 0 Å². The van der Waals surface area contributed by atoms with Crippen LogP contribution in [0, 0.1) is 0 Å². The van der Waals surface area contributed by atoms with Crippen molar-refractivity contribution in [1.29, 1.82) is 0 Å². The number of halogens is 1. The van der Waals surface area contributed by atoms with Crippen LogP contribution in [0.15, 0.2) is 18.2 Å². The lowest BCUT2D eigenvalue weighted by atomic mass is 10.1. The zero-order valence-electron chi connectivity index (χ0n) is 9.61. The third kappa shape index (κ3) is 2.11. The van der Waals surface area contributed by atoms with Crippen LogP contribution in [0.5, 0.6) is 0 Å². The lowest BCUT2D eigenvalue weighted by Crippen LogP contribution is -2.37. The average molecular weight is 241 g/mol. The van der Waals surface area contributed by atoms with Crippen molar-refractivity contribution in [2.75, 3.05) is 24.3 Å². The molecule has 1 saturated heterocycles. The van der Waals surface area contributed by atoms with Crippen LogP contribution < -0.4 is 10.6 Å². The number of nitrogens with zero attached hydrogens (tertiary/aromatic N) is 1. The zero-order chi connectivity index (χ0) is 11.7. The predicted octanol–water partition coefficient (Wildman–Crippen LogP) is 2.54. The van der Waals surface area contributed by atoms with Gasteiger partial charge in [-0.2, -0.15) is 0 Å². The molecule has 0 saturated carbocycles. The molecule has 4 heteroatoms. The number of nitrogens with two attached hydrogens (primary N) is 1. The first kappa shape index (κ1) is 11.6. The van der Waals surface area contributed by atoms with E-state index in [0.29, 0.717) is 11.1 Å². The van der Waals surface area contributed by atoms with Crippen LogP contribution in [0.25, 0.3) is 0 Å². The Morgan fingerprint density at radius 1 is 1.50 bits per heavy atom. The number of rotatable bonds is 2. The van der Waals surface area contributed by atoms with E-state index in [9.17, 15) is 0 Å². The lowest BCUT2D eigenvalue weighted by molar-refractivity contribution is 0.118. The fourth-order valence-corrected chi connectivity index (χ4v) is 2.40. The number of likely N-dealkylation sites (N-methyl/N-ethyl adjacent to an activating group) is 1. The Morgan fingerprint density at radius 2 is 2.25 bits per heavy atom. The minimum Gasteiger partial charge on any atom is -0.397 e. The Morgan fingerprint density at radius 3 is 2.88 bits per heavy atom. The standard InChI is InChI=1S/C12H17ClN2O/c1-8-11(5-6-16-8)15(2)12-7-9(13)3-4-10(12)14/h3-4,7-8,11H,5-6,14H2,1-2H3. The van der Waals surface area contributed by atoms with Crippen LogP contribution in [-0.2, 0) is 4.74 Å². The first-order valence-corrected chi connectivity index (χ1v) is 5.87. The van der Waals surface area contributed by atoms with Gasteiger partial charge in [-0.15, -0.1) is 0 Å². The molecular formula is C12H17ClN2O. The van der Waals surface area contributed by atoms with Crippen molar-refractivity contribution < 1.29 is 4.74 Å². The summed E-state index contributed by atoms with van der Waals surface area (Å²) in [6.45, 7) is 2.91. The van der Waals surface area contributed by atoms with Gasteiger partial charge in [-0.25, -0.2) is 0 Å². The largest absolute Gasteiger partial charge is 0.397 e. The van der Waals surface area contributed by atoms with E-state index >= 15 is 0 Å². The van der Waals surface area contributed by atoms with Gasteiger partial charge in [0.1, 0.15) is 0 Å². The third-order valence-electron chi connectivity index (χ3n) is 3.21. The van der Waals surface area contributed by atoms with E-state index < -0.39 is 0 Å². The molecule has 0 amide bonds. The molecule has 1 fully saturated rings. The van der Waals surface area contributed by atoms with Gasteiger partial charge >= 0.3 is 0 Å². The van der Waals surface area contributed by atoms with Gasteiger partial charge in [0.05, 0.1) is 23.5 Å². The van der Waals surface area contributed by atoms with E-state index in [1.54, 1.807) is 0 Å². The highest BCUT2D eigenvalue weighted by Crippen LogP contribution is 2.30. The predicted molar refractivity (Wildman–Crippen MR) is 68.1 cm³/mol. The fraction of sp³-hybridized carbons (Fsp3) is 0.500. The maximum atomic E-state index is 5.99. The number of ether oxygens (including phenoxy) is 1. The summed E-state index contributed by atoms with van der Waals surface area (Å²) in [5.74, 6) is 0. The monoisotopic (exact) mass is 240 g/mol. The maximum Gasteiger partial charge on any atom is 0.0750 e. The summed E-state index contributed by atoms with van der Waals surface area (Å²) in [7, 11) is 2.04. The van der Waals surface area contributed by atoms with Gasteiger partial charge in [-0.1, -0.05) is 11.6 Å². The molecule has 0 bridgehead atoms. The van der Waals surface area contributed by atoms with Crippen molar-refractivity contribution in [2.45, 2.75) is 25.5 Å². The first-order chi connectivity index (χ1) is 7.59. The molecule has 1 aliphatic heterocycles. The van der Waals surface area contributed by atoms with Crippen LogP contribution in [0.2, 0.25) is 5.02 Å². The maximum absolute atomic E-state index is 5.99. The molecule has 1 heterocycles. The highest BCUT2D eigenvalue weighted by Gasteiger charge is 2.28. The van der Waals surface area contributed by atoms with Crippen LogP contribution in [0.1, 0.15) is 13.3 Å². The fourth-order valence-electron chi connectivity index (χ4n) is 2.23. The van der Waals surface area contributed by atoms with Crippen molar-refractivity contribution in [2.24, 2.45) is 0 Å². The zero-order valence-corrected chi connectivity index (χ0v) is 10.4. The molecule has 2 unspecified atom stereocenters. The van der Waals surface area contributed by atoms with Gasteiger partial charge in [0.25, 0.3) is 0 Å². The quantitative estimate of drug-likeness (QED) is 0.808. The molecule has 0 aromatic heterocycles. The Bertz CT molecular complexity index is 383. The summed E-state index contributed by atoms with van der Waals surface area (Å²) in [4.78, 5) is 2.17. The normalized spacial score (nSPS) is 24.7. The average Bonchev–Trinajstić information content (AvgIpc) is 2.67. The van der Waals surface area contributed by atoms with Crippen molar-refractivity contribution in [3.63, 3.8) is 0 Å². The van der Waals surface area contributed by atoms with E-state index in [1.165, 1.54) is 0 Å². The molecule has 0 spiro atoms. The van der Waals surface area contributed by atoms with Gasteiger partial charge in [0.15, 0.2) is 0 Å². The van der Waals surface area contributed by atoms with Gasteiger partial charge in [-0.05, 0) is 31.5 Å². The summed E-state index contributed by atoms with van der Waals surface area (Å²) in [6.07, 6.45) is 1.27. The molecule has 2 rings (SSSR count). The highest BCUT2D eigenvalue weighted by molar-refractivity contribution is 6.31. The van der Waals surface area contributed by atoms with E-state index in [-0.39, 0.29) is 6.10 Å². The van der Waals surface area contributed by atoms with Crippen molar-refractivity contribution in [1.82, 2.24) is 0 Å². The molecule has 1 aliphatic rings. The summed E-state index contributed by atoms with van der Waals surface area (Å²) in [6, 6.07) is 5.93. The van der Waals surface area contributed by atoms with Crippen molar-refractivity contribution in [3.8, 4) is 0 Å². The Labute approximate surface area is 101 Å². The second-order valence-corrected chi connectivity index (χ2v) is 4.68. The number of anilines is 2. The van der Waals surface area contributed by atoms with E-state index in [2.05, 4.69) is 11.8 Å². The topological polar surface area (TPSA) is 38.5 Å². The number of benzene rings is 1. The van der Waals surface area contributed by atoms with Gasteiger partial charge in [-0.3, -0.25) is 0 Å². The molecule has 16 heavy (non-hydrogen) atoms. The Balaban J connectivity index is 2.25. The SMILES string of the molecule is CC1OCCC1N(C)c1cc(Cl)ccc1N. The van der Waals surface area contributed by atoms with E-state index in [1.807, 2.05) is 25.2 Å². The molecule has 3 nitrogen and oxygen atoms in total. The second kappa shape index (κ2) is 4.52. The van der Waals surface area contributed by atoms with E-state index in [0.717, 1.165) is 24.4 Å². The lowest BCUT2D eigenvalue weighted by Gasteiger charge is -2.29. The molecule has 0 aliphatic carbocycles. The van der Waals surface area contributed by atoms with Gasteiger partial charge < -0.3 is 15.4 Å². The number of hydrogen-bond donors (Lipinski definition) is 1. The third-order valence-corrected chi connectivity index (χ3v) is 3.44. The molecule has 0 radical (unpaired) electrons. The van der Waals surface area contributed by atoms with Gasteiger partial charge in [0.2, 0.25) is 0 Å². The molecular weight excluding hydrogens is 224 g/mol. The first-order valence-electron chi connectivity index (χ1n) is 5.49. The van der Waals surface area contributed by atoms with Crippen LogP contribution in [0.4, 0.5) is 11.4 Å². The van der Waals surface area contributed by atoms with Crippen LogP contribution >= 0.6 is 11.6 Å². The van der Waals surface area contributed by atoms with Crippen molar-refractivity contribution in [3.05, 3.63) is 23.2 Å². The summed E-state index contributed by atoms with van der Waals surface area (Å²) >= 11 is 5.99. The molecule has 2 atom stereocenters. The second-order valence-electron chi connectivity index (χ2n) is 4.25. The molecule has 2 N–H and O–H groups in total. The number of nitrogen functional groups attached to an aromatic ring is 1. The Kier molecular flexibility index (Phi) is 3.26. The minimum absolute atomic E-state index is 0.239. The van der Waals surface area contributed by atoms with E-state index in [4.69, 9.17) is 22.1 Å². The number of hydrogen-bond acceptors (Lipinski definition) is 3. The molecule has 1 aromatic rings. The molecule has 88 valence electrons. The van der Waals surface area contributed by atoms with Gasteiger partial charge in [0, 0.05) is 18.7 Å².